The predicted octanol–water partition coefficient (Wildman–Crippen LogP) is 3.41. The molecule has 0 aromatic heterocycles. The molecule has 3 rings (SSSR count). The molecule has 0 N–H and O–H groups in total. The number of anilines is 1. The fourth-order valence-corrected chi connectivity index (χ4v) is 3.37. The Hall–Kier alpha value is -3.25. The molecule has 1 saturated heterocycles. The van der Waals surface area contributed by atoms with E-state index in [1.54, 1.807) is 18.2 Å². The first-order valence-corrected chi connectivity index (χ1v) is 9.24. The minimum Gasteiger partial charge on any atom is -0.465 e. The van der Waals surface area contributed by atoms with Crippen LogP contribution in [0.3, 0.4) is 0 Å². The lowest BCUT2D eigenvalue weighted by Crippen LogP contribution is -2.46. The molecule has 0 unspecified atom stereocenters. The number of esters is 1. The van der Waals surface area contributed by atoms with E-state index in [4.69, 9.17) is 5.26 Å². The van der Waals surface area contributed by atoms with Crippen LogP contribution in [0.25, 0.3) is 0 Å². The van der Waals surface area contributed by atoms with Crippen molar-refractivity contribution in [1.29, 1.82) is 5.26 Å². The van der Waals surface area contributed by atoms with E-state index < -0.39 is 18.4 Å². The Labute approximate surface area is 172 Å². The van der Waals surface area contributed by atoms with Gasteiger partial charge in [-0.3, -0.25) is 4.90 Å². The molecule has 1 fully saturated rings. The summed E-state index contributed by atoms with van der Waals surface area (Å²) in [6.07, 6.45) is 0. The number of alkyl halides is 2. The van der Waals surface area contributed by atoms with E-state index in [1.165, 1.54) is 25.3 Å². The second kappa shape index (κ2) is 9.50. The minimum atomic E-state index is -2.98. The first kappa shape index (κ1) is 21.5. The number of rotatable bonds is 6. The minimum absolute atomic E-state index is 0.0297. The van der Waals surface area contributed by atoms with Crippen molar-refractivity contribution in [3.8, 4) is 11.8 Å². The van der Waals surface area contributed by atoms with Gasteiger partial charge in [0.1, 0.15) is 5.82 Å². The average molecular weight is 419 g/mol. The summed E-state index contributed by atoms with van der Waals surface area (Å²) in [4.78, 5) is 15.5. The average Bonchev–Trinajstić information content (AvgIpc) is 2.73. The summed E-state index contributed by atoms with van der Waals surface area (Å²) in [6, 6.07) is 10.8. The van der Waals surface area contributed by atoms with Crippen LogP contribution >= 0.6 is 0 Å². The maximum Gasteiger partial charge on any atom is 0.387 e. The molecular weight excluding hydrogens is 399 g/mol. The number of hydrogen-bond donors (Lipinski definition) is 0. The molecule has 0 amide bonds. The van der Waals surface area contributed by atoms with Gasteiger partial charge in [-0.1, -0.05) is 6.07 Å². The summed E-state index contributed by atoms with van der Waals surface area (Å²) in [5.41, 5.74) is 1.35. The normalized spacial score (nSPS) is 14.5. The highest BCUT2D eigenvalue weighted by Crippen LogP contribution is 2.31. The number of piperazine rings is 1. The zero-order valence-electron chi connectivity index (χ0n) is 16.3. The highest BCUT2D eigenvalue weighted by molar-refractivity contribution is 5.89. The quantitative estimate of drug-likeness (QED) is 0.669. The third-order valence-electron chi connectivity index (χ3n) is 4.86. The summed E-state index contributed by atoms with van der Waals surface area (Å²) in [6.45, 7) is -0.160. The van der Waals surface area contributed by atoms with Crippen LogP contribution in [-0.4, -0.2) is 50.8 Å². The van der Waals surface area contributed by atoms with Gasteiger partial charge in [0.2, 0.25) is 0 Å². The number of nitriles is 1. The Bertz CT molecular complexity index is 954. The van der Waals surface area contributed by atoms with Gasteiger partial charge in [-0.05, 0) is 29.8 Å². The molecule has 1 aliphatic rings. The predicted molar refractivity (Wildman–Crippen MR) is 103 cm³/mol. The Morgan fingerprint density at radius 3 is 2.50 bits per heavy atom. The number of methoxy groups -OCH3 is 1. The topological polar surface area (TPSA) is 65.8 Å². The second-order valence-electron chi connectivity index (χ2n) is 6.74. The smallest absolute Gasteiger partial charge is 0.387 e. The van der Waals surface area contributed by atoms with E-state index >= 15 is 0 Å². The Balaban J connectivity index is 1.65. The van der Waals surface area contributed by atoms with E-state index in [2.05, 4.69) is 14.4 Å². The van der Waals surface area contributed by atoms with Crippen LogP contribution in [0.5, 0.6) is 5.75 Å². The van der Waals surface area contributed by atoms with Crippen molar-refractivity contribution < 1.29 is 27.4 Å². The standard InChI is InChI=1S/C21H20F3N3O3/c1-29-20(28)16-4-2-15(10-17(16)22)13-26-6-8-27(9-7-26)18-5-3-14(12-25)11-19(18)30-21(23)24/h2-5,10-11,21H,6-9,13H2,1H3. The van der Waals surface area contributed by atoms with Gasteiger partial charge in [0, 0.05) is 38.8 Å². The third-order valence-corrected chi connectivity index (χ3v) is 4.86. The molecule has 0 saturated carbocycles. The fraction of sp³-hybridized carbons (Fsp3) is 0.333. The highest BCUT2D eigenvalue weighted by atomic mass is 19.3. The van der Waals surface area contributed by atoms with Crippen molar-refractivity contribution in [3.05, 3.63) is 58.9 Å². The van der Waals surface area contributed by atoms with Gasteiger partial charge in [0.25, 0.3) is 0 Å². The van der Waals surface area contributed by atoms with Gasteiger partial charge in [-0.15, -0.1) is 0 Å². The van der Waals surface area contributed by atoms with E-state index in [0.717, 1.165) is 0 Å². The molecule has 6 nitrogen and oxygen atoms in total. The summed E-state index contributed by atoms with van der Waals surface area (Å²) in [7, 11) is 1.20. The van der Waals surface area contributed by atoms with Crippen LogP contribution in [-0.2, 0) is 11.3 Å². The molecule has 0 spiro atoms. The summed E-state index contributed by atoms with van der Waals surface area (Å²) in [5.74, 6) is -1.39. The van der Waals surface area contributed by atoms with Crippen molar-refractivity contribution in [3.63, 3.8) is 0 Å². The molecule has 2 aromatic rings. The lowest BCUT2D eigenvalue weighted by molar-refractivity contribution is -0.0495. The third kappa shape index (κ3) is 5.02. The van der Waals surface area contributed by atoms with E-state index in [9.17, 15) is 18.0 Å². The maximum atomic E-state index is 14.1. The molecular formula is C21H20F3N3O3. The number of benzene rings is 2. The zero-order chi connectivity index (χ0) is 21.7. The van der Waals surface area contributed by atoms with E-state index in [1.807, 2.05) is 11.0 Å². The summed E-state index contributed by atoms with van der Waals surface area (Å²) >= 11 is 0. The monoisotopic (exact) mass is 419 g/mol. The van der Waals surface area contributed by atoms with Crippen molar-refractivity contribution in [2.45, 2.75) is 13.2 Å². The van der Waals surface area contributed by atoms with Crippen LogP contribution in [0.1, 0.15) is 21.5 Å². The van der Waals surface area contributed by atoms with Gasteiger partial charge in [0.15, 0.2) is 5.75 Å². The Morgan fingerprint density at radius 1 is 1.17 bits per heavy atom. The molecule has 1 aliphatic heterocycles. The molecule has 30 heavy (non-hydrogen) atoms. The largest absolute Gasteiger partial charge is 0.465 e. The summed E-state index contributed by atoms with van der Waals surface area (Å²) in [5, 5.41) is 8.99. The van der Waals surface area contributed by atoms with E-state index in [0.29, 0.717) is 44.0 Å². The number of ether oxygens (including phenoxy) is 2. The first-order valence-electron chi connectivity index (χ1n) is 9.24. The molecule has 0 bridgehead atoms. The van der Waals surface area contributed by atoms with Crippen LogP contribution < -0.4 is 9.64 Å². The van der Waals surface area contributed by atoms with Gasteiger partial charge in [-0.25, -0.2) is 9.18 Å². The molecule has 2 aromatic carbocycles. The number of carbonyl (C=O) groups excluding carboxylic acids is 1. The molecule has 0 atom stereocenters. The van der Waals surface area contributed by atoms with Crippen LogP contribution in [0, 0.1) is 17.1 Å². The lowest BCUT2D eigenvalue weighted by atomic mass is 10.1. The van der Waals surface area contributed by atoms with Crippen LogP contribution in [0.2, 0.25) is 0 Å². The second-order valence-corrected chi connectivity index (χ2v) is 6.74. The van der Waals surface area contributed by atoms with Gasteiger partial charge < -0.3 is 14.4 Å². The van der Waals surface area contributed by atoms with Crippen LogP contribution in [0.4, 0.5) is 18.9 Å². The molecule has 0 radical (unpaired) electrons. The van der Waals surface area contributed by atoms with Crippen molar-refractivity contribution in [1.82, 2.24) is 4.90 Å². The number of carbonyl (C=O) groups is 1. The Morgan fingerprint density at radius 2 is 1.90 bits per heavy atom. The maximum absolute atomic E-state index is 14.1. The van der Waals surface area contributed by atoms with Gasteiger partial charge in [0.05, 0.1) is 30.0 Å². The van der Waals surface area contributed by atoms with Gasteiger partial charge in [-0.2, -0.15) is 14.0 Å². The van der Waals surface area contributed by atoms with Crippen molar-refractivity contribution in [2.75, 3.05) is 38.2 Å². The molecule has 9 heteroatoms. The van der Waals surface area contributed by atoms with Gasteiger partial charge >= 0.3 is 12.6 Å². The Kier molecular flexibility index (Phi) is 6.79. The first-order chi connectivity index (χ1) is 14.4. The number of hydrogen-bond acceptors (Lipinski definition) is 6. The molecule has 1 heterocycles. The molecule has 0 aliphatic carbocycles. The molecule has 158 valence electrons. The summed E-state index contributed by atoms with van der Waals surface area (Å²) < 4.78 is 48.7. The number of halogens is 3. The van der Waals surface area contributed by atoms with Crippen molar-refractivity contribution in [2.24, 2.45) is 0 Å². The van der Waals surface area contributed by atoms with E-state index in [-0.39, 0.29) is 16.9 Å². The zero-order valence-corrected chi connectivity index (χ0v) is 16.3. The number of nitrogens with zero attached hydrogens (tertiary/aromatic N) is 3. The van der Waals surface area contributed by atoms with Crippen LogP contribution in [0.15, 0.2) is 36.4 Å². The van der Waals surface area contributed by atoms with Crippen molar-refractivity contribution >= 4 is 11.7 Å². The SMILES string of the molecule is COC(=O)c1ccc(CN2CCN(c3ccc(C#N)cc3OC(F)F)CC2)cc1F. The highest BCUT2D eigenvalue weighted by Gasteiger charge is 2.22. The fourth-order valence-electron chi connectivity index (χ4n) is 3.37. The lowest BCUT2D eigenvalue weighted by Gasteiger charge is -2.36.